The average Bonchev–Trinajstić information content (AvgIpc) is 2.20. The number of nitrogens with one attached hydrogen (secondary N) is 1. The van der Waals surface area contributed by atoms with Gasteiger partial charge in [-0.3, -0.25) is 4.79 Å². The van der Waals surface area contributed by atoms with Gasteiger partial charge in [0.25, 0.3) is 0 Å². The van der Waals surface area contributed by atoms with Crippen molar-refractivity contribution >= 4 is 11.6 Å². The van der Waals surface area contributed by atoms with Crippen LogP contribution in [-0.2, 0) is 4.79 Å². The molecule has 0 spiro atoms. The molecule has 0 aliphatic heterocycles. The molecule has 0 radical (unpaired) electrons. The van der Waals surface area contributed by atoms with Crippen LogP contribution in [0, 0.1) is 12.8 Å². The maximum atomic E-state index is 11.7. The van der Waals surface area contributed by atoms with Crippen LogP contribution in [0.2, 0.25) is 0 Å². The monoisotopic (exact) mass is 219 g/mol. The number of anilines is 1. The number of amides is 1. The largest absolute Gasteiger partial charge is 0.325 e. The van der Waals surface area contributed by atoms with E-state index in [0.717, 1.165) is 11.3 Å². The van der Waals surface area contributed by atoms with Gasteiger partial charge in [0, 0.05) is 11.6 Å². The second-order valence-corrected chi connectivity index (χ2v) is 4.84. The molecule has 0 aliphatic rings. The minimum atomic E-state index is 0.0135. The van der Waals surface area contributed by atoms with Gasteiger partial charge in [-0.1, -0.05) is 45.9 Å². The van der Waals surface area contributed by atoms with Crippen LogP contribution in [0.4, 0.5) is 5.69 Å². The molecule has 88 valence electrons. The molecule has 0 saturated heterocycles. The SMILES string of the molecule is Cc1cccc(C(C)C)c1NC(=O)C(C)C. The zero-order valence-corrected chi connectivity index (χ0v) is 10.8. The Hall–Kier alpha value is -1.31. The van der Waals surface area contributed by atoms with Crippen LogP contribution < -0.4 is 5.32 Å². The first-order chi connectivity index (χ1) is 7.43. The van der Waals surface area contributed by atoms with E-state index in [1.165, 1.54) is 5.56 Å². The molecule has 16 heavy (non-hydrogen) atoms. The van der Waals surface area contributed by atoms with E-state index < -0.39 is 0 Å². The van der Waals surface area contributed by atoms with Crippen LogP contribution in [0.15, 0.2) is 18.2 Å². The van der Waals surface area contributed by atoms with Gasteiger partial charge in [-0.05, 0) is 24.0 Å². The molecule has 0 bridgehead atoms. The van der Waals surface area contributed by atoms with Crippen molar-refractivity contribution in [2.75, 3.05) is 5.32 Å². The molecule has 0 heterocycles. The van der Waals surface area contributed by atoms with Gasteiger partial charge >= 0.3 is 0 Å². The fraction of sp³-hybridized carbons (Fsp3) is 0.500. The Morgan fingerprint density at radius 1 is 1.19 bits per heavy atom. The van der Waals surface area contributed by atoms with Crippen molar-refractivity contribution in [1.29, 1.82) is 0 Å². The summed E-state index contributed by atoms with van der Waals surface area (Å²) in [7, 11) is 0. The van der Waals surface area contributed by atoms with E-state index in [1.807, 2.05) is 32.9 Å². The maximum Gasteiger partial charge on any atom is 0.226 e. The summed E-state index contributed by atoms with van der Waals surface area (Å²) in [6, 6.07) is 6.14. The van der Waals surface area contributed by atoms with Crippen LogP contribution in [-0.4, -0.2) is 5.91 Å². The standard InChI is InChI=1S/C14H21NO/c1-9(2)12-8-6-7-11(5)13(12)15-14(16)10(3)4/h6-10H,1-5H3,(H,15,16). The highest BCUT2D eigenvalue weighted by Gasteiger charge is 2.13. The summed E-state index contributed by atoms with van der Waals surface area (Å²) >= 11 is 0. The Bertz CT molecular complexity index is 380. The minimum absolute atomic E-state index is 0.0135. The van der Waals surface area contributed by atoms with Crippen molar-refractivity contribution in [2.24, 2.45) is 5.92 Å². The second kappa shape index (κ2) is 5.15. The highest BCUT2D eigenvalue weighted by atomic mass is 16.1. The summed E-state index contributed by atoms with van der Waals surface area (Å²) < 4.78 is 0. The lowest BCUT2D eigenvalue weighted by molar-refractivity contribution is -0.118. The van der Waals surface area contributed by atoms with Crippen LogP contribution >= 0.6 is 0 Å². The summed E-state index contributed by atoms with van der Waals surface area (Å²) in [5.74, 6) is 0.512. The molecule has 0 aliphatic carbocycles. The Balaban J connectivity index is 3.06. The normalized spacial score (nSPS) is 10.9. The predicted molar refractivity (Wildman–Crippen MR) is 68.7 cm³/mol. The Morgan fingerprint density at radius 2 is 1.81 bits per heavy atom. The third kappa shape index (κ3) is 2.84. The number of benzene rings is 1. The summed E-state index contributed by atoms with van der Waals surface area (Å²) in [6.07, 6.45) is 0. The zero-order chi connectivity index (χ0) is 12.3. The first-order valence-electron chi connectivity index (χ1n) is 5.83. The predicted octanol–water partition coefficient (Wildman–Crippen LogP) is 3.71. The number of para-hydroxylation sites is 1. The van der Waals surface area contributed by atoms with Crippen LogP contribution in [0.5, 0.6) is 0 Å². The number of carbonyl (C=O) groups is 1. The topological polar surface area (TPSA) is 29.1 Å². The highest BCUT2D eigenvalue weighted by Crippen LogP contribution is 2.27. The Morgan fingerprint density at radius 3 is 2.31 bits per heavy atom. The van der Waals surface area contributed by atoms with Gasteiger partial charge in [0.15, 0.2) is 0 Å². The number of rotatable bonds is 3. The molecule has 0 unspecified atom stereocenters. The second-order valence-electron chi connectivity index (χ2n) is 4.84. The lowest BCUT2D eigenvalue weighted by Crippen LogP contribution is -2.19. The molecule has 2 heteroatoms. The third-order valence-corrected chi connectivity index (χ3v) is 2.70. The van der Waals surface area contributed by atoms with E-state index in [0.29, 0.717) is 5.92 Å². The highest BCUT2D eigenvalue weighted by molar-refractivity contribution is 5.93. The number of hydrogen-bond donors (Lipinski definition) is 1. The smallest absolute Gasteiger partial charge is 0.226 e. The lowest BCUT2D eigenvalue weighted by atomic mass is 9.98. The fourth-order valence-corrected chi connectivity index (χ4v) is 1.61. The number of hydrogen-bond acceptors (Lipinski definition) is 1. The summed E-state index contributed by atoms with van der Waals surface area (Å²) in [5, 5.41) is 3.02. The molecule has 1 amide bonds. The van der Waals surface area contributed by atoms with Crippen molar-refractivity contribution < 1.29 is 4.79 Å². The molecule has 0 aromatic heterocycles. The Kier molecular flexibility index (Phi) is 4.11. The lowest BCUT2D eigenvalue weighted by Gasteiger charge is -2.17. The van der Waals surface area contributed by atoms with Gasteiger partial charge in [0.05, 0.1) is 0 Å². The third-order valence-electron chi connectivity index (χ3n) is 2.70. The molecular formula is C14H21NO. The summed E-state index contributed by atoms with van der Waals surface area (Å²) in [6.45, 7) is 10.1. The van der Waals surface area contributed by atoms with Crippen LogP contribution in [0.3, 0.4) is 0 Å². The number of carbonyl (C=O) groups excluding carboxylic acids is 1. The van der Waals surface area contributed by atoms with E-state index in [9.17, 15) is 4.79 Å². The van der Waals surface area contributed by atoms with E-state index in [2.05, 4.69) is 25.2 Å². The van der Waals surface area contributed by atoms with Crippen molar-refractivity contribution in [2.45, 2.75) is 40.5 Å². The molecule has 0 saturated carbocycles. The summed E-state index contributed by atoms with van der Waals surface area (Å²) in [4.78, 5) is 11.7. The molecule has 1 aromatic carbocycles. The van der Waals surface area contributed by atoms with Crippen molar-refractivity contribution in [3.63, 3.8) is 0 Å². The van der Waals surface area contributed by atoms with Crippen molar-refractivity contribution in [1.82, 2.24) is 0 Å². The van der Waals surface area contributed by atoms with Gasteiger partial charge < -0.3 is 5.32 Å². The fourth-order valence-electron chi connectivity index (χ4n) is 1.61. The Labute approximate surface area is 98.1 Å². The maximum absolute atomic E-state index is 11.7. The van der Waals surface area contributed by atoms with E-state index in [-0.39, 0.29) is 11.8 Å². The van der Waals surface area contributed by atoms with Gasteiger partial charge in [-0.2, -0.15) is 0 Å². The van der Waals surface area contributed by atoms with Crippen LogP contribution in [0.25, 0.3) is 0 Å². The first kappa shape index (κ1) is 12.8. The van der Waals surface area contributed by atoms with Gasteiger partial charge in [0.2, 0.25) is 5.91 Å². The van der Waals surface area contributed by atoms with Crippen molar-refractivity contribution in [3.8, 4) is 0 Å². The minimum Gasteiger partial charge on any atom is -0.325 e. The summed E-state index contributed by atoms with van der Waals surface area (Å²) in [5.41, 5.74) is 3.31. The zero-order valence-electron chi connectivity index (χ0n) is 10.8. The molecule has 0 fully saturated rings. The number of aryl methyl sites for hydroxylation is 1. The van der Waals surface area contributed by atoms with Crippen LogP contribution in [0.1, 0.15) is 44.7 Å². The van der Waals surface area contributed by atoms with Gasteiger partial charge in [-0.15, -0.1) is 0 Å². The molecule has 0 atom stereocenters. The molecule has 1 rings (SSSR count). The van der Waals surface area contributed by atoms with Crippen molar-refractivity contribution in [3.05, 3.63) is 29.3 Å². The molecule has 1 N–H and O–H groups in total. The molecule has 1 aromatic rings. The van der Waals surface area contributed by atoms with E-state index in [4.69, 9.17) is 0 Å². The van der Waals surface area contributed by atoms with Gasteiger partial charge in [-0.25, -0.2) is 0 Å². The van der Waals surface area contributed by atoms with E-state index >= 15 is 0 Å². The first-order valence-corrected chi connectivity index (χ1v) is 5.83. The average molecular weight is 219 g/mol. The molecular weight excluding hydrogens is 198 g/mol. The van der Waals surface area contributed by atoms with E-state index in [1.54, 1.807) is 0 Å². The van der Waals surface area contributed by atoms with Gasteiger partial charge in [0.1, 0.15) is 0 Å². The molecule has 2 nitrogen and oxygen atoms in total. The quantitative estimate of drug-likeness (QED) is 0.825.